The van der Waals surface area contributed by atoms with E-state index in [2.05, 4.69) is 10.4 Å². The number of aliphatic hydroxyl groups is 1. The Hall–Kier alpha value is -2.80. The van der Waals surface area contributed by atoms with Gasteiger partial charge in [0.1, 0.15) is 5.75 Å². The molecule has 0 unspecified atom stereocenters. The summed E-state index contributed by atoms with van der Waals surface area (Å²) in [5.41, 5.74) is -5.75. The molecule has 1 saturated carbocycles. The first-order valence-corrected chi connectivity index (χ1v) is 10.3. The number of aromatic nitrogens is 2. The molecule has 1 aromatic carbocycles. The lowest BCUT2D eigenvalue weighted by atomic mass is 9.73. The fourth-order valence-corrected chi connectivity index (χ4v) is 5.72. The highest BCUT2D eigenvalue weighted by Crippen LogP contribution is 2.78. The molecule has 3 heterocycles. The van der Waals surface area contributed by atoms with Gasteiger partial charge in [0, 0.05) is 42.4 Å². The van der Waals surface area contributed by atoms with Gasteiger partial charge in [0.05, 0.1) is 36.4 Å². The van der Waals surface area contributed by atoms with Crippen molar-refractivity contribution in [2.75, 3.05) is 12.4 Å². The molecule has 2 aliphatic heterocycles. The maximum absolute atomic E-state index is 13.8. The topological polar surface area (TPSA) is 85.6 Å². The number of hydrogen-bond acceptors (Lipinski definition) is 5. The number of aryl methyl sites for hydroxylation is 1. The normalized spacial score (nSPS) is 32.0. The minimum absolute atomic E-state index is 0.0212. The van der Waals surface area contributed by atoms with E-state index in [1.54, 1.807) is 0 Å². The standard InChI is InChI=1S/C21H19F6N3O4/c1-30-7-12(15(29-30)21(25,26)27)18-8-19(18,14-6-13(31)16(18)34-14)17(32)28-10-3-9(20(22,23)24)4-11(5-10)33-2/h3-5,7,13-14,16,31H,6,8H2,1-2H3,(H,28,32)/t13-,14+,16-,18+,19+/m0/s1. The summed E-state index contributed by atoms with van der Waals surface area (Å²) in [7, 11) is 2.47. The first-order valence-electron chi connectivity index (χ1n) is 10.3. The smallest absolute Gasteiger partial charge is 0.435 e. The number of rotatable bonds is 4. The summed E-state index contributed by atoms with van der Waals surface area (Å²) < 4.78 is 92.7. The predicted octanol–water partition coefficient (Wildman–Crippen LogP) is 3.26. The molecule has 2 N–H and O–H groups in total. The van der Waals surface area contributed by atoms with Crippen LogP contribution in [-0.4, -0.2) is 46.2 Å². The third kappa shape index (κ3) is 2.98. The molecule has 2 aromatic rings. The maximum atomic E-state index is 13.8. The monoisotopic (exact) mass is 491 g/mol. The number of nitrogens with zero attached hydrogens (tertiary/aromatic N) is 2. The summed E-state index contributed by atoms with van der Waals surface area (Å²) in [4.78, 5) is 13.5. The molecule has 5 rings (SSSR count). The zero-order valence-corrected chi connectivity index (χ0v) is 17.8. The first kappa shape index (κ1) is 23.0. The van der Waals surface area contributed by atoms with E-state index in [1.165, 1.54) is 13.1 Å². The van der Waals surface area contributed by atoms with E-state index >= 15 is 0 Å². The van der Waals surface area contributed by atoms with E-state index in [0.717, 1.165) is 30.1 Å². The van der Waals surface area contributed by atoms with Crippen molar-refractivity contribution in [2.45, 2.75) is 48.9 Å². The van der Waals surface area contributed by atoms with Gasteiger partial charge in [-0.2, -0.15) is 31.4 Å². The Morgan fingerprint density at radius 2 is 1.94 bits per heavy atom. The Morgan fingerprint density at radius 1 is 1.24 bits per heavy atom. The van der Waals surface area contributed by atoms with Crippen molar-refractivity contribution in [3.05, 3.63) is 41.2 Å². The Morgan fingerprint density at radius 3 is 2.56 bits per heavy atom. The number of ether oxygens (including phenoxy) is 2. The Balaban J connectivity index is 1.56. The average molecular weight is 491 g/mol. The second-order valence-electron chi connectivity index (χ2n) is 8.93. The van der Waals surface area contributed by atoms with E-state index in [0.29, 0.717) is 0 Å². The summed E-state index contributed by atoms with van der Waals surface area (Å²) in [6, 6.07) is 2.66. The number of amides is 1. The van der Waals surface area contributed by atoms with E-state index in [4.69, 9.17) is 9.47 Å². The number of aliphatic hydroxyl groups excluding tert-OH is 1. The number of anilines is 1. The van der Waals surface area contributed by atoms with Gasteiger partial charge in [-0.15, -0.1) is 0 Å². The second kappa shape index (κ2) is 6.87. The van der Waals surface area contributed by atoms with Gasteiger partial charge in [-0.05, 0) is 18.6 Å². The van der Waals surface area contributed by atoms with E-state index < -0.39 is 58.7 Å². The molecule has 13 heteroatoms. The van der Waals surface area contributed by atoms with Crippen LogP contribution in [0.2, 0.25) is 0 Å². The highest BCUT2D eigenvalue weighted by molar-refractivity contribution is 6.01. The van der Waals surface area contributed by atoms with Crippen molar-refractivity contribution in [1.82, 2.24) is 9.78 Å². The van der Waals surface area contributed by atoms with Crippen LogP contribution >= 0.6 is 0 Å². The van der Waals surface area contributed by atoms with Gasteiger partial charge < -0.3 is 19.9 Å². The molecule has 2 saturated heterocycles. The quantitative estimate of drug-likeness (QED) is 0.642. The highest BCUT2D eigenvalue weighted by atomic mass is 19.4. The second-order valence-corrected chi connectivity index (χ2v) is 8.93. The van der Waals surface area contributed by atoms with Crippen LogP contribution < -0.4 is 10.1 Å². The molecule has 3 aliphatic rings. The molecular formula is C21H19F6N3O4. The summed E-state index contributed by atoms with van der Waals surface area (Å²) in [6.45, 7) is 0. The summed E-state index contributed by atoms with van der Waals surface area (Å²) in [5, 5.41) is 16.4. The Kier molecular flexibility index (Phi) is 4.64. The van der Waals surface area contributed by atoms with Crippen molar-refractivity contribution in [1.29, 1.82) is 0 Å². The van der Waals surface area contributed by atoms with Crippen LogP contribution in [0.1, 0.15) is 29.7 Å². The number of carbonyl (C=O) groups excluding carboxylic acids is 1. The van der Waals surface area contributed by atoms with Crippen molar-refractivity contribution >= 4 is 11.6 Å². The van der Waals surface area contributed by atoms with Crippen LogP contribution in [0.3, 0.4) is 0 Å². The molecule has 0 radical (unpaired) electrons. The summed E-state index contributed by atoms with van der Waals surface area (Å²) >= 11 is 0. The molecule has 1 aliphatic carbocycles. The van der Waals surface area contributed by atoms with Gasteiger partial charge in [-0.3, -0.25) is 9.48 Å². The summed E-state index contributed by atoms with van der Waals surface area (Å²) in [5.74, 6) is -0.943. The molecule has 1 amide bonds. The number of halogens is 6. The SMILES string of the molecule is COc1cc(NC(=O)[C@]23C[C@@]2(c2cn(C)nc2C(F)(F)F)[C@H]2O[C@@H]3C[C@@H]2O)cc(C(F)(F)F)c1. The van der Waals surface area contributed by atoms with Gasteiger partial charge in [0.25, 0.3) is 0 Å². The van der Waals surface area contributed by atoms with Crippen molar-refractivity contribution < 1.29 is 45.7 Å². The minimum atomic E-state index is -4.82. The Bertz CT molecular complexity index is 1180. The number of methoxy groups -OCH3 is 1. The van der Waals surface area contributed by atoms with Gasteiger partial charge in [-0.1, -0.05) is 0 Å². The van der Waals surface area contributed by atoms with E-state index in [9.17, 15) is 36.2 Å². The van der Waals surface area contributed by atoms with Gasteiger partial charge in [0.15, 0.2) is 5.69 Å². The third-order valence-corrected chi connectivity index (χ3v) is 7.09. The van der Waals surface area contributed by atoms with Crippen molar-refractivity contribution in [3.8, 4) is 5.75 Å². The number of benzene rings is 1. The molecule has 7 nitrogen and oxygen atoms in total. The fraction of sp³-hybridized carbons (Fsp3) is 0.524. The Labute approximate surface area is 188 Å². The van der Waals surface area contributed by atoms with Gasteiger partial charge >= 0.3 is 12.4 Å². The lowest BCUT2D eigenvalue weighted by Crippen LogP contribution is -2.45. The number of fused-ring (bicyclic) bond motifs is 5. The average Bonchev–Trinajstić information content (AvgIpc) is 2.95. The highest BCUT2D eigenvalue weighted by Gasteiger charge is 2.88. The molecule has 34 heavy (non-hydrogen) atoms. The molecule has 3 fully saturated rings. The molecule has 1 aromatic heterocycles. The zero-order valence-electron chi connectivity index (χ0n) is 17.8. The number of hydrogen-bond donors (Lipinski definition) is 2. The molecular weight excluding hydrogens is 472 g/mol. The lowest BCUT2D eigenvalue weighted by Gasteiger charge is -2.29. The maximum Gasteiger partial charge on any atom is 0.435 e. The minimum Gasteiger partial charge on any atom is -0.497 e. The first-order chi connectivity index (χ1) is 15.7. The third-order valence-electron chi connectivity index (χ3n) is 7.09. The van der Waals surface area contributed by atoms with Crippen molar-refractivity contribution in [2.24, 2.45) is 12.5 Å². The van der Waals surface area contributed by atoms with Gasteiger partial charge in [0.2, 0.25) is 5.91 Å². The largest absolute Gasteiger partial charge is 0.497 e. The lowest BCUT2D eigenvalue weighted by molar-refractivity contribution is -0.143. The summed E-state index contributed by atoms with van der Waals surface area (Å²) in [6.07, 6.45) is -11.5. The molecule has 0 spiro atoms. The van der Waals surface area contributed by atoms with Crippen LogP contribution in [-0.2, 0) is 34.3 Å². The van der Waals surface area contributed by atoms with Crippen LogP contribution in [0.25, 0.3) is 0 Å². The molecule has 184 valence electrons. The van der Waals surface area contributed by atoms with Crippen LogP contribution in [0.5, 0.6) is 5.75 Å². The molecule has 5 atom stereocenters. The van der Waals surface area contributed by atoms with E-state index in [-0.39, 0.29) is 29.8 Å². The van der Waals surface area contributed by atoms with Crippen LogP contribution in [0.4, 0.5) is 32.0 Å². The number of carbonyl (C=O) groups is 1. The molecule has 2 bridgehead atoms. The fourth-order valence-electron chi connectivity index (χ4n) is 5.72. The van der Waals surface area contributed by atoms with E-state index in [1.807, 2.05) is 0 Å². The van der Waals surface area contributed by atoms with Crippen molar-refractivity contribution in [3.63, 3.8) is 0 Å². The predicted molar refractivity (Wildman–Crippen MR) is 103 cm³/mol. The van der Waals surface area contributed by atoms with Crippen LogP contribution in [0, 0.1) is 5.41 Å². The van der Waals surface area contributed by atoms with Gasteiger partial charge in [-0.25, -0.2) is 0 Å². The zero-order chi connectivity index (χ0) is 24.8. The van der Waals surface area contributed by atoms with Crippen LogP contribution in [0.15, 0.2) is 24.4 Å². The number of nitrogens with one attached hydrogen (secondary N) is 1. The number of alkyl halides is 6.